The molecule has 4 aromatic rings. The number of H-pyrrole nitrogens is 2. The van der Waals surface area contributed by atoms with Crippen molar-refractivity contribution >= 4 is 41.0 Å². The number of nitrogens with one attached hydrogen (secondary N) is 3. The van der Waals surface area contributed by atoms with Crippen molar-refractivity contribution in [1.82, 2.24) is 20.4 Å². The summed E-state index contributed by atoms with van der Waals surface area (Å²) in [6.45, 7) is 0. The summed E-state index contributed by atoms with van der Waals surface area (Å²) in [7, 11) is 0. The van der Waals surface area contributed by atoms with Crippen LogP contribution < -0.4 is 11.1 Å². The second-order valence-corrected chi connectivity index (χ2v) is 6.69. The molecule has 0 saturated carbocycles. The molecule has 2 aromatic carbocycles. The standard InChI is InChI=1S/C20H15ClFN7O/c21-13-2-1-3-15(8-13)26-20-16(18(23)30)19(28-29-20)24-9-12-10-25-27-17(12)11-4-6-14(22)7-5-11/h1-10H,(H2,23,30)(H,25,27)(H2,26,28,29)/b24-9+. The average molecular weight is 424 g/mol. The molecule has 0 atom stereocenters. The van der Waals surface area contributed by atoms with E-state index in [0.717, 1.165) is 0 Å². The van der Waals surface area contributed by atoms with Gasteiger partial charge in [0.2, 0.25) is 0 Å². The Hall–Kier alpha value is -3.98. The van der Waals surface area contributed by atoms with Crippen molar-refractivity contribution in [2.24, 2.45) is 10.7 Å². The summed E-state index contributed by atoms with van der Waals surface area (Å²) in [4.78, 5) is 16.3. The van der Waals surface area contributed by atoms with Crippen LogP contribution in [-0.2, 0) is 0 Å². The highest BCUT2D eigenvalue weighted by molar-refractivity contribution is 6.30. The highest BCUT2D eigenvalue weighted by Crippen LogP contribution is 2.28. The second kappa shape index (κ2) is 8.18. The number of aliphatic imine (C=N–C) groups is 1. The first-order valence-electron chi connectivity index (χ1n) is 8.76. The maximum atomic E-state index is 13.2. The summed E-state index contributed by atoms with van der Waals surface area (Å²) >= 11 is 5.99. The van der Waals surface area contributed by atoms with E-state index >= 15 is 0 Å². The van der Waals surface area contributed by atoms with E-state index in [4.69, 9.17) is 17.3 Å². The van der Waals surface area contributed by atoms with E-state index < -0.39 is 5.91 Å². The molecule has 150 valence electrons. The van der Waals surface area contributed by atoms with E-state index in [1.807, 2.05) is 0 Å². The Labute approximate surface area is 175 Å². The van der Waals surface area contributed by atoms with Gasteiger partial charge < -0.3 is 11.1 Å². The van der Waals surface area contributed by atoms with Gasteiger partial charge in [-0.25, -0.2) is 9.38 Å². The van der Waals surface area contributed by atoms with Crippen LogP contribution in [0.5, 0.6) is 0 Å². The van der Waals surface area contributed by atoms with Crippen LogP contribution in [0.4, 0.5) is 21.7 Å². The van der Waals surface area contributed by atoms with Gasteiger partial charge in [-0.05, 0) is 42.5 Å². The molecule has 0 saturated heterocycles. The molecule has 8 nitrogen and oxygen atoms in total. The van der Waals surface area contributed by atoms with Crippen LogP contribution >= 0.6 is 11.6 Å². The molecule has 5 N–H and O–H groups in total. The fraction of sp³-hybridized carbons (Fsp3) is 0. The fourth-order valence-corrected chi connectivity index (χ4v) is 3.01. The van der Waals surface area contributed by atoms with Crippen molar-refractivity contribution in [3.63, 3.8) is 0 Å². The number of benzene rings is 2. The highest BCUT2D eigenvalue weighted by Gasteiger charge is 2.18. The van der Waals surface area contributed by atoms with E-state index in [1.54, 1.807) is 42.6 Å². The number of nitrogens with two attached hydrogens (primary N) is 1. The van der Waals surface area contributed by atoms with E-state index in [1.165, 1.54) is 18.3 Å². The minimum atomic E-state index is -0.702. The lowest BCUT2D eigenvalue weighted by Crippen LogP contribution is -2.12. The number of rotatable bonds is 6. The third-order valence-corrected chi connectivity index (χ3v) is 4.44. The Morgan fingerprint density at radius 2 is 2.00 bits per heavy atom. The third kappa shape index (κ3) is 4.06. The molecule has 0 spiro atoms. The number of aromatic amines is 2. The van der Waals surface area contributed by atoms with Crippen molar-refractivity contribution in [2.75, 3.05) is 5.32 Å². The molecule has 30 heavy (non-hydrogen) atoms. The lowest BCUT2D eigenvalue weighted by Gasteiger charge is -2.04. The van der Waals surface area contributed by atoms with E-state index in [9.17, 15) is 9.18 Å². The largest absolute Gasteiger partial charge is 0.365 e. The van der Waals surface area contributed by atoms with Crippen LogP contribution in [0.25, 0.3) is 11.3 Å². The minimum Gasteiger partial charge on any atom is -0.365 e. The SMILES string of the molecule is NC(=O)c1c(Nc2cccc(Cl)c2)n[nH]c1/N=C/c1c[nH]nc1-c1ccc(F)cc1. The first-order chi connectivity index (χ1) is 14.5. The lowest BCUT2D eigenvalue weighted by molar-refractivity contribution is 0.100. The smallest absolute Gasteiger partial charge is 0.256 e. The maximum Gasteiger partial charge on any atom is 0.256 e. The van der Waals surface area contributed by atoms with Gasteiger partial charge in [0.15, 0.2) is 11.6 Å². The van der Waals surface area contributed by atoms with Gasteiger partial charge >= 0.3 is 0 Å². The number of hydrogen-bond acceptors (Lipinski definition) is 5. The third-order valence-electron chi connectivity index (χ3n) is 4.20. The first-order valence-corrected chi connectivity index (χ1v) is 9.13. The molecule has 0 unspecified atom stereocenters. The van der Waals surface area contributed by atoms with Crippen molar-refractivity contribution < 1.29 is 9.18 Å². The van der Waals surface area contributed by atoms with Crippen LogP contribution in [0.3, 0.4) is 0 Å². The van der Waals surface area contributed by atoms with E-state index in [0.29, 0.717) is 27.5 Å². The zero-order chi connectivity index (χ0) is 21.1. The number of carbonyl (C=O) groups is 1. The number of halogens is 2. The van der Waals surface area contributed by atoms with Crippen molar-refractivity contribution in [2.45, 2.75) is 0 Å². The van der Waals surface area contributed by atoms with Gasteiger partial charge in [0.1, 0.15) is 17.1 Å². The minimum absolute atomic E-state index is 0.0954. The van der Waals surface area contributed by atoms with Crippen molar-refractivity contribution in [3.05, 3.63) is 76.7 Å². The molecule has 4 rings (SSSR count). The van der Waals surface area contributed by atoms with Crippen molar-refractivity contribution in [1.29, 1.82) is 0 Å². The van der Waals surface area contributed by atoms with Gasteiger partial charge in [-0.15, -0.1) is 0 Å². The van der Waals surface area contributed by atoms with Gasteiger partial charge in [0, 0.05) is 34.2 Å². The summed E-state index contributed by atoms with van der Waals surface area (Å²) in [6.07, 6.45) is 3.14. The summed E-state index contributed by atoms with van der Waals surface area (Å²) < 4.78 is 13.2. The number of amides is 1. The molecule has 10 heteroatoms. The van der Waals surface area contributed by atoms with E-state index in [-0.39, 0.29) is 23.0 Å². The number of nitrogens with zero attached hydrogens (tertiary/aromatic N) is 3. The molecule has 2 aromatic heterocycles. The van der Waals surface area contributed by atoms with Gasteiger partial charge in [-0.1, -0.05) is 17.7 Å². The predicted molar refractivity (Wildman–Crippen MR) is 113 cm³/mol. The fourth-order valence-electron chi connectivity index (χ4n) is 2.82. The zero-order valence-electron chi connectivity index (χ0n) is 15.4. The molecule has 0 fully saturated rings. The van der Waals surface area contributed by atoms with Crippen LogP contribution in [0.2, 0.25) is 5.02 Å². The number of carbonyl (C=O) groups excluding carboxylic acids is 1. The normalized spacial score (nSPS) is 11.1. The van der Waals surface area contributed by atoms with Gasteiger partial charge in [0.25, 0.3) is 5.91 Å². The molecular formula is C20H15ClFN7O. The topological polar surface area (TPSA) is 125 Å². The second-order valence-electron chi connectivity index (χ2n) is 6.25. The molecule has 2 heterocycles. The number of primary amides is 1. The van der Waals surface area contributed by atoms with E-state index in [2.05, 4.69) is 30.7 Å². The van der Waals surface area contributed by atoms with Crippen LogP contribution in [-0.4, -0.2) is 32.5 Å². The lowest BCUT2D eigenvalue weighted by atomic mass is 10.1. The highest BCUT2D eigenvalue weighted by atomic mass is 35.5. The number of hydrogen-bond donors (Lipinski definition) is 4. The molecule has 0 radical (unpaired) electrons. The Kier molecular flexibility index (Phi) is 5.27. The Balaban J connectivity index is 1.64. The number of aromatic nitrogens is 4. The Morgan fingerprint density at radius 3 is 2.73 bits per heavy atom. The quantitative estimate of drug-likeness (QED) is 0.347. The molecule has 0 aliphatic heterocycles. The summed E-state index contributed by atoms with van der Waals surface area (Å²) in [5.74, 6) is -0.639. The summed E-state index contributed by atoms with van der Waals surface area (Å²) in [6, 6.07) is 12.9. The summed E-state index contributed by atoms with van der Waals surface area (Å²) in [5, 5.41) is 17.2. The zero-order valence-corrected chi connectivity index (χ0v) is 16.1. The van der Waals surface area contributed by atoms with Gasteiger partial charge in [-0.3, -0.25) is 15.0 Å². The predicted octanol–water partition coefficient (Wildman–Crippen LogP) is 4.19. The molecule has 0 aliphatic rings. The van der Waals surface area contributed by atoms with Crippen LogP contribution in [0, 0.1) is 5.82 Å². The average Bonchev–Trinajstić information content (AvgIpc) is 3.34. The number of anilines is 2. The molecule has 0 bridgehead atoms. The Bertz CT molecular complexity index is 1230. The molecule has 0 aliphatic carbocycles. The molecule has 1 amide bonds. The van der Waals surface area contributed by atoms with Crippen LogP contribution in [0.15, 0.2) is 59.7 Å². The Morgan fingerprint density at radius 1 is 1.20 bits per heavy atom. The van der Waals surface area contributed by atoms with Crippen LogP contribution in [0.1, 0.15) is 15.9 Å². The van der Waals surface area contributed by atoms with Gasteiger partial charge in [-0.2, -0.15) is 10.2 Å². The first kappa shape index (κ1) is 19.3. The molecular weight excluding hydrogens is 409 g/mol. The van der Waals surface area contributed by atoms with Gasteiger partial charge in [0.05, 0.1) is 0 Å². The maximum absolute atomic E-state index is 13.2. The summed E-state index contributed by atoms with van der Waals surface area (Å²) in [5.41, 5.74) is 8.19. The van der Waals surface area contributed by atoms with Crippen molar-refractivity contribution in [3.8, 4) is 11.3 Å². The monoisotopic (exact) mass is 423 g/mol.